The second-order valence-corrected chi connectivity index (χ2v) is 8.29. The first kappa shape index (κ1) is 19.3. The van der Waals surface area contributed by atoms with E-state index in [0.29, 0.717) is 10.2 Å². The van der Waals surface area contributed by atoms with Gasteiger partial charge in [0.15, 0.2) is 11.6 Å². The van der Waals surface area contributed by atoms with Gasteiger partial charge in [0.25, 0.3) is 10.0 Å². The molecule has 140 valence electrons. The van der Waals surface area contributed by atoms with Crippen LogP contribution in [0, 0.1) is 5.82 Å². The number of anilines is 1. The van der Waals surface area contributed by atoms with Crippen molar-refractivity contribution >= 4 is 31.6 Å². The van der Waals surface area contributed by atoms with Crippen molar-refractivity contribution in [2.75, 3.05) is 10.8 Å². The lowest BCUT2D eigenvalue weighted by Crippen LogP contribution is -2.30. The third-order valence-electron chi connectivity index (χ3n) is 3.74. The number of nitrogens with zero attached hydrogens (tertiary/aromatic N) is 2. The molecule has 0 atom stereocenters. The Morgan fingerprint density at radius 3 is 2.44 bits per heavy atom. The van der Waals surface area contributed by atoms with Gasteiger partial charge in [-0.2, -0.15) is 0 Å². The molecule has 0 bridgehead atoms. The molecule has 27 heavy (non-hydrogen) atoms. The van der Waals surface area contributed by atoms with Crippen molar-refractivity contribution in [3.05, 3.63) is 77.2 Å². The molecule has 2 aromatic carbocycles. The highest BCUT2D eigenvalue weighted by molar-refractivity contribution is 9.10. The number of aromatic nitrogens is 1. The van der Waals surface area contributed by atoms with Crippen molar-refractivity contribution in [2.45, 2.75) is 11.8 Å². The van der Waals surface area contributed by atoms with Crippen LogP contribution in [0.5, 0.6) is 11.6 Å². The summed E-state index contributed by atoms with van der Waals surface area (Å²) in [5, 5.41) is 0. The summed E-state index contributed by atoms with van der Waals surface area (Å²) >= 11 is 3.17. The van der Waals surface area contributed by atoms with Crippen LogP contribution in [-0.2, 0) is 10.0 Å². The van der Waals surface area contributed by atoms with E-state index in [4.69, 9.17) is 4.74 Å². The van der Waals surface area contributed by atoms with Crippen LogP contribution >= 0.6 is 15.9 Å². The van der Waals surface area contributed by atoms with Gasteiger partial charge in [-0.25, -0.2) is 17.8 Å². The summed E-state index contributed by atoms with van der Waals surface area (Å²) in [6, 6.07) is 16.0. The molecule has 1 heterocycles. The first-order valence-electron chi connectivity index (χ1n) is 8.08. The molecule has 1 aromatic heterocycles. The van der Waals surface area contributed by atoms with Crippen molar-refractivity contribution in [3.8, 4) is 11.6 Å². The van der Waals surface area contributed by atoms with Crippen LogP contribution in [0.4, 0.5) is 10.1 Å². The maximum Gasteiger partial charge on any atom is 0.265 e. The average molecular weight is 451 g/mol. The third-order valence-corrected chi connectivity index (χ3v) is 6.12. The van der Waals surface area contributed by atoms with Gasteiger partial charge in [-0.05, 0) is 43.3 Å². The van der Waals surface area contributed by atoms with Gasteiger partial charge >= 0.3 is 0 Å². The van der Waals surface area contributed by atoms with E-state index in [1.165, 1.54) is 34.8 Å². The number of benzene rings is 2. The lowest BCUT2D eigenvalue weighted by molar-refractivity contribution is 0.426. The summed E-state index contributed by atoms with van der Waals surface area (Å²) in [4.78, 5) is 4.03. The Morgan fingerprint density at radius 2 is 1.85 bits per heavy atom. The molecule has 0 radical (unpaired) electrons. The molecular formula is C19H16BrFN2O3S. The molecule has 8 heteroatoms. The first-order valence-corrected chi connectivity index (χ1v) is 10.3. The molecule has 0 aliphatic carbocycles. The lowest BCUT2D eigenvalue weighted by Gasteiger charge is -2.22. The standard InChI is InChI=1S/C19H16BrFN2O3S/c1-2-23(15-6-4-3-5-7-15)27(24,25)16-9-11-19(22-13-16)26-18-10-8-14(20)12-17(18)21/h3-13H,2H2,1H3. The van der Waals surface area contributed by atoms with Gasteiger partial charge in [-0.15, -0.1) is 0 Å². The molecule has 3 aromatic rings. The molecule has 0 N–H and O–H groups in total. The normalized spacial score (nSPS) is 11.2. The van der Waals surface area contributed by atoms with E-state index >= 15 is 0 Å². The fraction of sp³-hybridized carbons (Fsp3) is 0.105. The molecule has 5 nitrogen and oxygen atoms in total. The Hall–Kier alpha value is -2.45. The van der Waals surface area contributed by atoms with Crippen LogP contribution in [0.1, 0.15) is 6.92 Å². The topological polar surface area (TPSA) is 59.5 Å². The number of rotatable bonds is 6. The second kappa shape index (κ2) is 8.06. The van der Waals surface area contributed by atoms with E-state index in [9.17, 15) is 12.8 Å². The maximum atomic E-state index is 13.9. The van der Waals surface area contributed by atoms with Crippen molar-refractivity contribution < 1.29 is 17.5 Å². The Bertz CT molecular complexity index is 1030. The summed E-state index contributed by atoms with van der Waals surface area (Å²) in [6.45, 7) is 2.03. The van der Waals surface area contributed by atoms with Crippen molar-refractivity contribution in [3.63, 3.8) is 0 Å². The minimum absolute atomic E-state index is 0.000720. The number of ether oxygens (including phenoxy) is 1. The first-order chi connectivity index (χ1) is 12.9. The highest BCUT2D eigenvalue weighted by atomic mass is 79.9. The minimum atomic E-state index is -3.77. The summed E-state index contributed by atoms with van der Waals surface area (Å²) in [5.74, 6) is -0.456. The zero-order valence-corrected chi connectivity index (χ0v) is 16.7. The maximum absolute atomic E-state index is 13.9. The van der Waals surface area contributed by atoms with Crippen LogP contribution in [0.2, 0.25) is 0 Å². The molecule has 0 aliphatic heterocycles. The van der Waals surface area contributed by atoms with E-state index in [1.54, 1.807) is 37.3 Å². The largest absolute Gasteiger partial charge is 0.436 e. The highest BCUT2D eigenvalue weighted by Crippen LogP contribution is 2.27. The summed E-state index contributed by atoms with van der Waals surface area (Å²) in [5.41, 5.74) is 0.567. The van der Waals surface area contributed by atoms with E-state index in [2.05, 4.69) is 20.9 Å². The Morgan fingerprint density at radius 1 is 1.11 bits per heavy atom. The van der Waals surface area contributed by atoms with Gasteiger partial charge in [0, 0.05) is 17.1 Å². The summed E-state index contributed by atoms with van der Waals surface area (Å²) in [7, 11) is -3.77. The van der Waals surface area contributed by atoms with Gasteiger partial charge in [0.2, 0.25) is 5.88 Å². The van der Waals surface area contributed by atoms with Crippen LogP contribution in [0.15, 0.2) is 76.2 Å². The predicted molar refractivity (Wildman–Crippen MR) is 105 cm³/mol. The number of hydrogen-bond acceptors (Lipinski definition) is 4. The summed E-state index contributed by atoms with van der Waals surface area (Å²) in [6.07, 6.45) is 1.20. The lowest BCUT2D eigenvalue weighted by atomic mass is 10.3. The van der Waals surface area contributed by atoms with Crippen LogP contribution in [0.3, 0.4) is 0 Å². The van der Waals surface area contributed by atoms with Gasteiger partial charge in [-0.3, -0.25) is 4.31 Å². The zero-order chi connectivity index (χ0) is 19.4. The fourth-order valence-corrected chi connectivity index (χ4v) is 4.22. The molecular weight excluding hydrogens is 435 g/mol. The van der Waals surface area contributed by atoms with Gasteiger partial charge in [0.1, 0.15) is 4.90 Å². The number of sulfonamides is 1. The predicted octanol–water partition coefficient (Wildman–Crippen LogP) is 4.99. The van der Waals surface area contributed by atoms with E-state index in [-0.39, 0.29) is 23.1 Å². The zero-order valence-electron chi connectivity index (χ0n) is 14.3. The fourth-order valence-electron chi connectivity index (χ4n) is 2.46. The Labute approximate surface area is 165 Å². The van der Waals surface area contributed by atoms with Crippen molar-refractivity contribution in [2.24, 2.45) is 0 Å². The molecule has 0 spiro atoms. The highest BCUT2D eigenvalue weighted by Gasteiger charge is 2.24. The average Bonchev–Trinajstić information content (AvgIpc) is 2.66. The van der Waals surface area contributed by atoms with Crippen molar-refractivity contribution in [1.82, 2.24) is 4.98 Å². The van der Waals surface area contributed by atoms with Crippen LogP contribution < -0.4 is 9.04 Å². The molecule has 0 saturated heterocycles. The minimum Gasteiger partial charge on any atom is -0.436 e. The van der Waals surface area contributed by atoms with Crippen molar-refractivity contribution in [1.29, 1.82) is 0 Å². The van der Waals surface area contributed by atoms with Gasteiger partial charge in [0.05, 0.1) is 11.9 Å². The molecule has 0 aliphatic rings. The SMILES string of the molecule is CCN(c1ccccc1)S(=O)(=O)c1ccc(Oc2ccc(Br)cc2F)nc1. The quantitative estimate of drug-likeness (QED) is 0.530. The molecule has 0 unspecified atom stereocenters. The molecule has 3 rings (SSSR count). The smallest absolute Gasteiger partial charge is 0.265 e. The number of hydrogen-bond donors (Lipinski definition) is 0. The van der Waals surface area contributed by atoms with E-state index < -0.39 is 15.8 Å². The molecule has 0 fully saturated rings. The summed E-state index contributed by atoms with van der Waals surface area (Å²) < 4.78 is 46.9. The number of pyridine rings is 1. The molecule has 0 amide bonds. The Balaban J connectivity index is 1.85. The van der Waals surface area contributed by atoms with Crippen LogP contribution in [-0.4, -0.2) is 19.9 Å². The Kier molecular flexibility index (Phi) is 5.76. The van der Waals surface area contributed by atoms with Crippen LogP contribution in [0.25, 0.3) is 0 Å². The van der Waals surface area contributed by atoms with E-state index in [0.717, 1.165) is 0 Å². The van der Waals surface area contributed by atoms with E-state index in [1.807, 2.05) is 6.07 Å². The molecule has 0 saturated carbocycles. The third kappa shape index (κ3) is 4.28. The number of halogens is 2. The number of para-hydroxylation sites is 1. The van der Waals surface area contributed by atoms with Gasteiger partial charge in [-0.1, -0.05) is 34.1 Å². The second-order valence-electron chi connectivity index (χ2n) is 5.51. The van der Waals surface area contributed by atoms with Gasteiger partial charge < -0.3 is 4.74 Å². The monoisotopic (exact) mass is 450 g/mol.